The van der Waals surface area contributed by atoms with Crippen LogP contribution in [0.2, 0.25) is 0 Å². The number of likely N-dealkylation sites (N-methyl/N-ethyl adjacent to an activating group) is 1. The Balaban J connectivity index is 1.97. The van der Waals surface area contributed by atoms with Crippen molar-refractivity contribution in [1.29, 1.82) is 0 Å². The van der Waals surface area contributed by atoms with Gasteiger partial charge in [0.1, 0.15) is 12.4 Å². The average molecular weight is 258 g/mol. The number of carbonyl (C=O) groups excluding carboxylic acids is 1. The van der Waals surface area contributed by atoms with Crippen molar-refractivity contribution in [1.82, 2.24) is 4.90 Å². The van der Waals surface area contributed by atoms with Crippen molar-refractivity contribution in [2.45, 2.75) is 0 Å². The van der Waals surface area contributed by atoms with Crippen molar-refractivity contribution in [2.24, 2.45) is 5.73 Å². The van der Waals surface area contributed by atoms with Gasteiger partial charge in [-0.25, -0.2) is 0 Å². The Morgan fingerprint density at radius 2 is 1.95 bits per heavy atom. The second-order valence-electron chi connectivity index (χ2n) is 4.53. The second-order valence-corrected chi connectivity index (χ2v) is 4.53. The molecule has 4 nitrogen and oxygen atoms in total. The van der Waals surface area contributed by atoms with E-state index in [1.165, 1.54) is 0 Å². The number of nitrogens with two attached hydrogens (primary N) is 1. The highest BCUT2D eigenvalue weighted by molar-refractivity contribution is 5.88. The fraction of sp³-hybridized carbons (Fsp3) is 0.267. The summed E-state index contributed by atoms with van der Waals surface area (Å²) in [5.74, 6) is 0.540. The number of amides is 1. The Kier molecular flexibility index (Phi) is 4.36. The molecule has 2 N–H and O–H groups in total. The van der Waals surface area contributed by atoms with E-state index in [2.05, 4.69) is 12.1 Å². The van der Waals surface area contributed by atoms with Gasteiger partial charge < -0.3 is 10.5 Å². The van der Waals surface area contributed by atoms with Gasteiger partial charge in [-0.2, -0.15) is 0 Å². The van der Waals surface area contributed by atoms with Crippen molar-refractivity contribution in [3.63, 3.8) is 0 Å². The van der Waals surface area contributed by atoms with Crippen LogP contribution < -0.4 is 10.5 Å². The fourth-order valence-corrected chi connectivity index (χ4v) is 1.98. The van der Waals surface area contributed by atoms with E-state index in [1.54, 1.807) is 0 Å². The predicted octanol–water partition coefficient (Wildman–Crippen LogP) is 1.64. The van der Waals surface area contributed by atoms with Crippen LogP contribution in [0.15, 0.2) is 42.5 Å². The van der Waals surface area contributed by atoms with Crippen LogP contribution in [0, 0.1) is 0 Å². The van der Waals surface area contributed by atoms with Gasteiger partial charge in [-0.15, -0.1) is 0 Å². The molecular weight excluding hydrogens is 240 g/mol. The van der Waals surface area contributed by atoms with Crippen molar-refractivity contribution in [2.75, 3.05) is 26.7 Å². The maximum Gasteiger partial charge on any atom is 0.231 e. The van der Waals surface area contributed by atoms with Gasteiger partial charge in [0.15, 0.2) is 0 Å². The number of nitrogens with zero attached hydrogens (tertiary/aromatic N) is 1. The largest absolute Gasteiger partial charge is 0.492 e. The Labute approximate surface area is 112 Å². The molecule has 0 unspecified atom stereocenters. The molecule has 0 atom stereocenters. The standard InChI is InChI=1S/C15H18N2O2/c1-17(11-15(16)18)9-10-19-14-8-4-6-12-5-2-3-7-13(12)14/h2-8H,9-11H2,1H3,(H2,16,18). The molecule has 2 aromatic carbocycles. The first kappa shape index (κ1) is 13.4. The van der Waals surface area contributed by atoms with E-state index in [0.717, 1.165) is 16.5 Å². The van der Waals surface area contributed by atoms with Gasteiger partial charge in [-0.1, -0.05) is 36.4 Å². The van der Waals surface area contributed by atoms with Gasteiger partial charge in [-0.05, 0) is 18.5 Å². The summed E-state index contributed by atoms with van der Waals surface area (Å²) in [6.45, 7) is 1.43. The smallest absolute Gasteiger partial charge is 0.231 e. The van der Waals surface area contributed by atoms with E-state index in [9.17, 15) is 4.79 Å². The minimum absolute atomic E-state index is 0.249. The topological polar surface area (TPSA) is 55.6 Å². The molecule has 2 aromatic rings. The number of hydrogen-bond acceptors (Lipinski definition) is 3. The van der Waals surface area contributed by atoms with Gasteiger partial charge in [0.25, 0.3) is 0 Å². The molecule has 0 saturated heterocycles. The summed E-state index contributed by atoms with van der Waals surface area (Å²) in [4.78, 5) is 12.6. The maximum atomic E-state index is 10.8. The molecule has 0 aliphatic heterocycles. The summed E-state index contributed by atoms with van der Waals surface area (Å²) in [6.07, 6.45) is 0. The Morgan fingerprint density at radius 3 is 2.74 bits per heavy atom. The summed E-state index contributed by atoms with van der Waals surface area (Å²) in [5, 5.41) is 2.26. The highest BCUT2D eigenvalue weighted by Gasteiger charge is 2.04. The number of fused-ring (bicyclic) bond motifs is 1. The van der Waals surface area contributed by atoms with Crippen LogP contribution in [-0.4, -0.2) is 37.6 Å². The number of hydrogen-bond donors (Lipinski definition) is 1. The Hall–Kier alpha value is -2.07. The fourth-order valence-electron chi connectivity index (χ4n) is 1.98. The Morgan fingerprint density at radius 1 is 1.21 bits per heavy atom. The molecule has 0 spiro atoms. The summed E-state index contributed by atoms with van der Waals surface area (Å²) < 4.78 is 5.78. The van der Waals surface area contributed by atoms with Gasteiger partial charge in [0.2, 0.25) is 5.91 Å². The van der Waals surface area contributed by atoms with Gasteiger partial charge in [0.05, 0.1) is 6.54 Å². The number of primary amides is 1. The van der Waals surface area contributed by atoms with E-state index in [0.29, 0.717) is 13.2 Å². The first-order valence-electron chi connectivity index (χ1n) is 6.24. The Bertz CT molecular complexity index is 564. The summed E-state index contributed by atoms with van der Waals surface area (Å²) in [6, 6.07) is 14.1. The number of ether oxygens (including phenoxy) is 1. The number of rotatable bonds is 6. The van der Waals surface area contributed by atoms with Crippen molar-refractivity contribution >= 4 is 16.7 Å². The lowest BCUT2D eigenvalue weighted by Crippen LogP contribution is -2.33. The zero-order valence-corrected chi connectivity index (χ0v) is 11.0. The predicted molar refractivity (Wildman–Crippen MR) is 76.1 cm³/mol. The first-order valence-corrected chi connectivity index (χ1v) is 6.24. The molecule has 0 saturated carbocycles. The molecule has 1 amide bonds. The molecule has 4 heteroatoms. The van der Waals surface area contributed by atoms with Crippen LogP contribution in [0.3, 0.4) is 0 Å². The minimum Gasteiger partial charge on any atom is -0.492 e. The third kappa shape index (κ3) is 3.69. The third-order valence-corrected chi connectivity index (χ3v) is 2.91. The molecule has 0 bridgehead atoms. The van der Waals surface area contributed by atoms with Crippen LogP contribution >= 0.6 is 0 Å². The van der Waals surface area contributed by atoms with Crippen LogP contribution in [0.4, 0.5) is 0 Å². The van der Waals surface area contributed by atoms with Gasteiger partial charge >= 0.3 is 0 Å². The van der Waals surface area contributed by atoms with Crippen molar-refractivity contribution in [3.05, 3.63) is 42.5 Å². The molecule has 19 heavy (non-hydrogen) atoms. The highest BCUT2D eigenvalue weighted by Crippen LogP contribution is 2.24. The SMILES string of the molecule is CN(CCOc1cccc2ccccc12)CC(N)=O. The van der Waals surface area contributed by atoms with Crippen LogP contribution in [0.1, 0.15) is 0 Å². The average Bonchev–Trinajstić information content (AvgIpc) is 2.38. The lowest BCUT2D eigenvalue weighted by Gasteiger charge is -2.15. The minimum atomic E-state index is -0.326. The molecule has 0 aliphatic carbocycles. The van der Waals surface area contributed by atoms with E-state index in [1.807, 2.05) is 42.3 Å². The third-order valence-electron chi connectivity index (χ3n) is 2.91. The quantitative estimate of drug-likeness (QED) is 0.857. The van der Waals surface area contributed by atoms with E-state index >= 15 is 0 Å². The van der Waals surface area contributed by atoms with Crippen molar-refractivity contribution in [3.8, 4) is 5.75 Å². The van der Waals surface area contributed by atoms with Crippen LogP contribution in [0.25, 0.3) is 10.8 Å². The van der Waals surface area contributed by atoms with Gasteiger partial charge in [-0.3, -0.25) is 9.69 Å². The summed E-state index contributed by atoms with van der Waals surface area (Å²) in [7, 11) is 1.84. The molecule has 0 aromatic heterocycles. The molecule has 0 radical (unpaired) electrons. The highest BCUT2D eigenvalue weighted by atomic mass is 16.5. The van der Waals surface area contributed by atoms with E-state index in [4.69, 9.17) is 10.5 Å². The monoisotopic (exact) mass is 258 g/mol. The summed E-state index contributed by atoms with van der Waals surface area (Å²) >= 11 is 0. The molecule has 2 rings (SSSR count). The number of benzene rings is 2. The zero-order valence-electron chi connectivity index (χ0n) is 11.0. The van der Waals surface area contributed by atoms with Gasteiger partial charge in [0, 0.05) is 11.9 Å². The molecule has 0 fully saturated rings. The lowest BCUT2D eigenvalue weighted by atomic mass is 10.1. The van der Waals surface area contributed by atoms with Crippen LogP contribution in [0.5, 0.6) is 5.75 Å². The summed E-state index contributed by atoms with van der Waals surface area (Å²) in [5.41, 5.74) is 5.13. The van der Waals surface area contributed by atoms with Crippen LogP contribution in [-0.2, 0) is 4.79 Å². The normalized spacial score (nSPS) is 10.8. The molecule has 100 valence electrons. The number of carbonyl (C=O) groups is 1. The lowest BCUT2D eigenvalue weighted by molar-refractivity contribution is -0.118. The second kappa shape index (κ2) is 6.20. The molecule has 0 heterocycles. The van der Waals surface area contributed by atoms with Crippen molar-refractivity contribution < 1.29 is 9.53 Å². The first-order chi connectivity index (χ1) is 9.16. The van der Waals surface area contributed by atoms with E-state index < -0.39 is 0 Å². The molecular formula is C15H18N2O2. The van der Waals surface area contributed by atoms with E-state index in [-0.39, 0.29) is 12.5 Å². The molecule has 0 aliphatic rings. The zero-order chi connectivity index (χ0) is 13.7. The maximum absolute atomic E-state index is 10.8.